The van der Waals surface area contributed by atoms with Crippen molar-refractivity contribution in [3.8, 4) is 5.75 Å². The predicted molar refractivity (Wildman–Crippen MR) is 78.0 cm³/mol. The molecule has 2 rings (SSSR count). The number of hydrogen-bond acceptors (Lipinski definition) is 3. The van der Waals surface area contributed by atoms with E-state index >= 15 is 0 Å². The summed E-state index contributed by atoms with van der Waals surface area (Å²) in [6, 6.07) is 6.91. The first kappa shape index (κ1) is 15.4. The van der Waals surface area contributed by atoms with Gasteiger partial charge in [-0.2, -0.15) is 0 Å². The van der Waals surface area contributed by atoms with Gasteiger partial charge in [-0.1, -0.05) is 31.0 Å². The van der Waals surface area contributed by atoms with Crippen molar-refractivity contribution >= 4 is 11.9 Å². The third-order valence-corrected chi connectivity index (χ3v) is 4.25. The second kappa shape index (κ2) is 6.61. The first-order valence-corrected chi connectivity index (χ1v) is 7.30. The minimum atomic E-state index is -0.819. The van der Waals surface area contributed by atoms with Gasteiger partial charge in [0.05, 0.1) is 5.41 Å². The van der Waals surface area contributed by atoms with E-state index in [9.17, 15) is 19.8 Å². The number of rotatable bonds is 6. The van der Waals surface area contributed by atoms with Crippen LogP contribution < -0.4 is 5.32 Å². The van der Waals surface area contributed by atoms with Gasteiger partial charge in [-0.05, 0) is 30.9 Å². The van der Waals surface area contributed by atoms with Crippen molar-refractivity contribution in [2.75, 3.05) is 6.54 Å². The van der Waals surface area contributed by atoms with Crippen LogP contribution in [0, 0.1) is 5.41 Å². The van der Waals surface area contributed by atoms with Crippen molar-refractivity contribution in [2.45, 2.75) is 38.5 Å². The summed E-state index contributed by atoms with van der Waals surface area (Å²) in [4.78, 5) is 23.2. The summed E-state index contributed by atoms with van der Waals surface area (Å²) in [5, 5.41) is 21.7. The number of aryl methyl sites for hydroxylation is 1. The van der Waals surface area contributed by atoms with Gasteiger partial charge in [-0.15, -0.1) is 0 Å². The third-order valence-electron chi connectivity index (χ3n) is 4.25. The van der Waals surface area contributed by atoms with E-state index in [1.807, 2.05) is 6.07 Å². The Hall–Kier alpha value is -2.04. The molecule has 1 aromatic rings. The molecule has 5 heteroatoms. The molecule has 1 aromatic carbocycles. The highest BCUT2D eigenvalue weighted by Gasteiger charge is 2.41. The zero-order chi connectivity index (χ0) is 15.3. The largest absolute Gasteiger partial charge is 0.508 e. The van der Waals surface area contributed by atoms with Crippen molar-refractivity contribution in [2.24, 2.45) is 5.41 Å². The Bertz CT molecular complexity index is 521. The maximum atomic E-state index is 11.9. The molecule has 0 spiro atoms. The lowest BCUT2D eigenvalue weighted by Crippen LogP contribution is -2.41. The van der Waals surface area contributed by atoms with Crippen LogP contribution in [0.25, 0.3) is 0 Å². The molecule has 0 aromatic heterocycles. The molecule has 1 saturated carbocycles. The molecule has 1 aliphatic rings. The van der Waals surface area contributed by atoms with Crippen LogP contribution in [0.2, 0.25) is 0 Å². The summed E-state index contributed by atoms with van der Waals surface area (Å²) >= 11 is 0. The molecule has 3 N–H and O–H groups in total. The molecule has 114 valence electrons. The lowest BCUT2D eigenvalue weighted by molar-refractivity contribution is -0.148. The molecule has 0 atom stereocenters. The van der Waals surface area contributed by atoms with Crippen LogP contribution in [0.4, 0.5) is 0 Å². The topological polar surface area (TPSA) is 86.6 Å². The monoisotopic (exact) mass is 291 g/mol. The lowest BCUT2D eigenvalue weighted by atomic mass is 9.86. The fraction of sp³-hybridized carbons (Fsp3) is 0.500. The van der Waals surface area contributed by atoms with E-state index in [2.05, 4.69) is 5.32 Å². The van der Waals surface area contributed by atoms with Gasteiger partial charge in [-0.3, -0.25) is 9.59 Å². The summed E-state index contributed by atoms with van der Waals surface area (Å²) in [5.74, 6) is -0.810. The Kier molecular flexibility index (Phi) is 4.83. The van der Waals surface area contributed by atoms with Crippen LogP contribution in [0.1, 0.15) is 37.7 Å². The second-order valence-corrected chi connectivity index (χ2v) is 5.70. The van der Waals surface area contributed by atoms with Gasteiger partial charge in [0.2, 0.25) is 5.91 Å². The van der Waals surface area contributed by atoms with E-state index in [1.165, 1.54) is 0 Å². The highest BCUT2D eigenvalue weighted by Crippen LogP contribution is 2.37. The van der Waals surface area contributed by atoms with Crippen molar-refractivity contribution in [1.29, 1.82) is 0 Å². The molecule has 21 heavy (non-hydrogen) atoms. The number of phenols is 1. The normalized spacial score (nSPS) is 16.6. The highest BCUT2D eigenvalue weighted by atomic mass is 16.4. The SMILES string of the molecule is O=C(CCc1ccccc1O)NCC1(C(=O)O)CCCC1. The van der Waals surface area contributed by atoms with Crippen molar-refractivity contribution in [3.63, 3.8) is 0 Å². The summed E-state index contributed by atoms with van der Waals surface area (Å²) in [5.41, 5.74) is -0.0636. The number of para-hydroxylation sites is 1. The Balaban J connectivity index is 1.82. The Morgan fingerprint density at radius 3 is 2.48 bits per heavy atom. The third kappa shape index (κ3) is 3.74. The van der Waals surface area contributed by atoms with Gasteiger partial charge in [0.25, 0.3) is 0 Å². The molecule has 0 aliphatic heterocycles. The van der Waals surface area contributed by atoms with Crippen LogP contribution in [-0.4, -0.2) is 28.6 Å². The molecule has 1 aliphatic carbocycles. The first-order valence-electron chi connectivity index (χ1n) is 7.30. The summed E-state index contributed by atoms with van der Waals surface area (Å²) in [7, 11) is 0. The molecule has 0 heterocycles. The number of phenolic OH excluding ortho intramolecular Hbond substituents is 1. The van der Waals surface area contributed by atoms with E-state index in [-0.39, 0.29) is 24.6 Å². The van der Waals surface area contributed by atoms with Gasteiger partial charge in [0.1, 0.15) is 5.75 Å². The van der Waals surface area contributed by atoms with Crippen molar-refractivity contribution < 1.29 is 19.8 Å². The molecule has 5 nitrogen and oxygen atoms in total. The van der Waals surface area contributed by atoms with E-state index in [1.54, 1.807) is 18.2 Å². The molecule has 0 unspecified atom stereocenters. The number of amides is 1. The number of carbonyl (C=O) groups excluding carboxylic acids is 1. The molecule has 0 radical (unpaired) electrons. The second-order valence-electron chi connectivity index (χ2n) is 5.70. The summed E-state index contributed by atoms with van der Waals surface area (Å²) in [6.45, 7) is 0.196. The van der Waals surface area contributed by atoms with Gasteiger partial charge in [0.15, 0.2) is 0 Å². The van der Waals surface area contributed by atoms with Crippen molar-refractivity contribution in [1.82, 2.24) is 5.32 Å². The van der Waals surface area contributed by atoms with Gasteiger partial charge >= 0.3 is 5.97 Å². The van der Waals surface area contributed by atoms with Crippen LogP contribution in [0.5, 0.6) is 5.75 Å². The number of aliphatic carboxylic acids is 1. The number of carbonyl (C=O) groups is 2. The number of carboxylic acid groups (broad SMARTS) is 1. The molecule has 1 fully saturated rings. The van der Waals surface area contributed by atoms with Crippen LogP contribution in [-0.2, 0) is 16.0 Å². The fourth-order valence-corrected chi connectivity index (χ4v) is 2.84. The zero-order valence-electron chi connectivity index (χ0n) is 12.0. The van der Waals surface area contributed by atoms with E-state index in [0.717, 1.165) is 18.4 Å². The highest BCUT2D eigenvalue weighted by molar-refractivity contribution is 5.79. The molecule has 0 bridgehead atoms. The van der Waals surface area contributed by atoms with Crippen molar-refractivity contribution in [3.05, 3.63) is 29.8 Å². The molecule has 1 amide bonds. The minimum absolute atomic E-state index is 0.175. The van der Waals surface area contributed by atoms with Crippen LogP contribution >= 0.6 is 0 Å². The van der Waals surface area contributed by atoms with E-state index in [4.69, 9.17) is 0 Å². The maximum Gasteiger partial charge on any atom is 0.311 e. The Labute approximate surface area is 124 Å². The van der Waals surface area contributed by atoms with Crippen LogP contribution in [0.3, 0.4) is 0 Å². The number of aromatic hydroxyl groups is 1. The number of carboxylic acids is 1. The minimum Gasteiger partial charge on any atom is -0.508 e. The predicted octanol–water partition coefficient (Wildman–Crippen LogP) is 2.09. The number of nitrogens with one attached hydrogen (secondary N) is 1. The van der Waals surface area contributed by atoms with E-state index in [0.29, 0.717) is 19.3 Å². The molecular weight excluding hydrogens is 270 g/mol. The number of hydrogen-bond donors (Lipinski definition) is 3. The van der Waals surface area contributed by atoms with Gasteiger partial charge < -0.3 is 15.5 Å². The summed E-state index contributed by atoms with van der Waals surface area (Å²) < 4.78 is 0. The lowest BCUT2D eigenvalue weighted by Gasteiger charge is -2.23. The van der Waals surface area contributed by atoms with Gasteiger partial charge in [-0.25, -0.2) is 0 Å². The van der Waals surface area contributed by atoms with E-state index < -0.39 is 11.4 Å². The fourth-order valence-electron chi connectivity index (χ4n) is 2.84. The smallest absolute Gasteiger partial charge is 0.311 e. The quantitative estimate of drug-likeness (QED) is 0.749. The average molecular weight is 291 g/mol. The van der Waals surface area contributed by atoms with Gasteiger partial charge in [0, 0.05) is 13.0 Å². The Morgan fingerprint density at radius 1 is 1.19 bits per heavy atom. The Morgan fingerprint density at radius 2 is 1.86 bits per heavy atom. The maximum absolute atomic E-state index is 11.9. The summed E-state index contributed by atoms with van der Waals surface area (Å²) in [6.07, 6.45) is 3.75. The molecule has 0 saturated heterocycles. The number of benzene rings is 1. The zero-order valence-corrected chi connectivity index (χ0v) is 12.0. The average Bonchev–Trinajstić information content (AvgIpc) is 2.94. The van der Waals surface area contributed by atoms with Crippen LogP contribution in [0.15, 0.2) is 24.3 Å². The molecular formula is C16H21NO4. The standard InChI is InChI=1S/C16H21NO4/c18-13-6-2-1-5-12(13)7-8-14(19)17-11-16(15(20)21)9-3-4-10-16/h1-2,5-6,18H,3-4,7-11H2,(H,17,19)(H,20,21). The first-order chi connectivity index (χ1) is 10.0.